The monoisotopic (exact) mass is 445 g/mol. The van der Waals surface area contributed by atoms with Crippen LogP contribution in [0, 0.1) is 6.92 Å². The summed E-state index contributed by atoms with van der Waals surface area (Å²) in [7, 11) is -2.17. The van der Waals surface area contributed by atoms with Crippen LogP contribution in [0.15, 0.2) is 54.6 Å². The van der Waals surface area contributed by atoms with Gasteiger partial charge >= 0.3 is 0 Å². The van der Waals surface area contributed by atoms with Crippen molar-refractivity contribution in [3.05, 3.63) is 65.7 Å². The molecule has 1 atom stereocenters. The summed E-state index contributed by atoms with van der Waals surface area (Å²) in [5.41, 5.74) is 2.43. The molecule has 0 heterocycles. The number of hydrogen-bond acceptors (Lipinski definition) is 4. The summed E-state index contributed by atoms with van der Waals surface area (Å²) in [4.78, 5) is 27.3. The molecule has 168 valence electrons. The first-order chi connectivity index (χ1) is 14.7. The maximum atomic E-state index is 13.3. The number of benzene rings is 2. The Morgan fingerprint density at radius 3 is 2.16 bits per heavy atom. The van der Waals surface area contributed by atoms with Gasteiger partial charge in [-0.25, -0.2) is 8.42 Å². The summed E-state index contributed by atoms with van der Waals surface area (Å²) < 4.78 is 26.0. The number of amides is 2. The first kappa shape index (κ1) is 24.4. The van der Waals surface area contributed by atoms with Crippen molar-refractivity contribution in [2.75, 3.05) is 30.7 Å². The van der Waals surface area contributed by atoms with Gasteiger partial charge in [0.15, 0.2) is 0 Å². The summed E-state index contributed by atoms with van der Waals surface area (Å²) in [6, 6.07) is 15.9. The molecule has 0 radical (unpaired) electrons. The summed E-state index contributed by atoms with van der Waals surface area (Å²) in [5.74, 6) is -0.692. The summed E-state index contributed by atoms with van der Waals surface area (Å²) in [6.07, 6.45) is 2.05. The highest BCUT2D eigenvalue weighted by molar-refractivity contribution is 7.92. The molecule has 2 aromatic rings. The van der Waals surface area contributed by atoms with E-state index in [4.69, 9.17) is 0 Å². The van der Waals surface area contributed by atoms with Gasteiger partial charge in [-0.3, -0.25) is 13.9 Å². The second kappa shape index (κ2) is 10.9. The molecule has 0 aliphatic carbocycles. The van der Waals surface area contributed by atoms with Crippen LogP contribution >= 0.6 is 0 Å². The van der Waals surface area contributed by atoms with Crippen LogP contribution < -0.4 is 9.62 Å². The highest BCUT2D eigenvalue weighted by atomic mass is 32.2. The molecule has 0 spiro atoms. The Bertz CT molecular complexity index is 976. The fourth-order valence-corrected chi connectivity index (χ4v) is 4.24. The largest absolute Gasteiger partial charge is 0.357 e. The van der Waals surface area contributed by atoms with Crippen LogP contribution in [0.3, 0.4) is 0 Å². The zero-order valence-corrected chi connectivity index (χ0v) is 19.4. The van der Waals surface area contributed by atoms with Gasteiger partial charge in [0.25, 0.3) is 0 Å². The van der Waals surface area contributed by atoms with E-state index in [9.17, 15) is 18.0 Å². The Balaban J connectivity index is 2.32. The van der Waals surface area contributed by atoms with E-state index in [1.54, 1.807) is 24.3 Å². The number of hydrogen-bond donors (Lipinski definition) is 1. The Kier molecular flexibility index (Phi) is 8.62. The number of carbonyl (C=O) groups excluding carboxylic acids is 2. The van der Waals surface area contributed by atoms with Crippen LogP contribution in [0.5, 0.6) is 0 Å². The topological polar surface area (TPSA) is 86.8 Å². The third-order valence-electron chi connectivity index (χ3n) is 5.12. The summed E-state index contributed by atoms with van der Waals surface area (Å²) >= 11 is 0. The number of anilines is 1. The van der Waals surface area contributed by atoms with Gasteiger partial charge in [0.2, 0.25) is 21.8 Å². The van der Waals surface area contributed by atoms with Gasteiger partial charge in [-0.2, -0.15) is 0 Å². The molecule has 0 fully saturated rings. The van der Waals surface area contributed by atoms with Crippen molar-refractivity contribution in [1.29, 1.82) is 0 Å². The van der Waals surface area contributed by atoms with Crippen molar-refractivity contribution >= 4 is 27.5 Å². The molecular weight excluding hydrogens is 414 g/mol. The van der Waals surface area contributed by atoms with Crippen molar-refractivity contribution in [3.8, 4) is 0 Å². The molecule has 0 bridgehead atoms. The van der Waals surface area contributed by atoms with E-state index in [1.807, 2.05) is 44.2 Å². The number of rotatable bonds is 10. The predicted octanol–water partition coefficient (Wildman–Crippen LogP) is 2.36. The molecule has 7 nitrogen and oxygen atoms in total. The lowest BCUT2D eigenvalue weighted by Crippen LogP contribution is -2.52. The van der Waals surface area contributed by atoms with Crippen molar-refractivity contribution in [2.24, 2.45) is 0 Å². The van der Waals surface area contributed by atoms with Gasteiger partial charge in [-0.05, 0) is 37.5 Å². The number of nitrogens with one attached hydrogen (secondary N) is 1. The highest BCUT2D eigenvalue weighted by Crippen LogP contribution is 2.19. The minimum atomic E-state index is -3.70. The SMILES string of the molecule is CC[C@H](C(=O)NC)N(CCc1ccccc1)C(=O)CN(c1ccc(C)cc1)S(C)(=O)=O. The minimum Gasteiger partial charge on any atom is -0.357 e. The Morgan fingerprint density at radius 1 is 1.03 bits per heavy atom. The zero-order valence-electron chi connectivity index (χ0n) is 18.5. The minimum absolute atomic E-state index is 0.273. The molecule has 8 heteroatoms. The third kappa shape index (κ3) is 6.82. The standard InChI is InChI=1S/C23H31N3O4S/c1-5-21(23(28)24-3)25(16-15-19-9-7-6-8-10-19)22(27)17-26(31(4,29)30)20-13-11-18(2)12-14-20/h6-14,21H,5,15-17H2,1-4H3,(H,24,28)/t21-/m1/s1. The maximum absolute atomic E-state index is 13.3. The number of carbonyl (C=O) groups is 2. The molecule has 0 saturated heterocycles. The van der Waals surface area contributed by atoms with Gasteiger partial charge in [0.1, 0.15) is 12.6 Å². The highest BCUT2D eigenvalue weighted by Gasteiger charge is 2.30. The van der Waals surface area contributed by atoms with E-state index < -0.39 is 22.0 Å². The zero-order chi connectivity index (χ0) is 23.0. The fourth-order valence-electron chi connectivity index (χ4n) is 3.39. The molecule has 31 heavy (non-hydrogen) atoms. The molecule has 2 amide bonds. The van der Waals surface area contributed by atoms with Crippen LogP contribution in [0.25, 0.3) is 0 Å². The molecule has 0 aliphatic rings. The number of sulfonamides is 1. The number of nitrogens with zero attached hydrogens (tertiary/aromatic N) is 2. The van der Waals surface area contributed by atoms with Crippen LogP contribution in [0.1, 0.15) is 24.5 Å². The normalized spacial score (nSPS) is 12.1. The van der Waals surface area contributed by atoms with Gasteiger partial charge in [-0.1, -0.05) is 55.0 Å². The second-order valence-electron chi connectivity index (χ2n) is 7.47. The molecule has 1 N–H and O–H groups in total. The number of aryl methyl sites for hydroxylation is 1. The molecule has 2 rings (SSSR count). The van der Waals surface area contributed by atoms with E-state index in [0.717, 1.165) is 21.7 Å². The van der Waals surface area contributed by atoms with Crippen molar-refractivity contribution in [2.45, 2.75) is 32.7 Å². The average Bonchev–Trinajstić information content (AvgIpc) is 2.75. The lowest BCUT2D eigenvalue weighted by molar-refractivity contribution is -0.139. The van der Waals surface area contributed by atoms with Crippen molar-refractivity contribution < 1.29 is 18.0 Å². The van der Waals surface area contributed by atoms with Gasteiger partial charge in [-0.15, -0.1) is 0 Å². The van der Waals surface area contributed by atoms with E-state index >= 15 is 0 Å². The first-order valence-corrected chi connectivity index (χ1v) is 12.1. The van der Waals surface area contributed by atoms with Crippen LogP contribution in [0.4, 0.5) is 5.69 Å². The van der Waals surface area contributed by atoms with Crippen LogP contribution in [-0.2, 0) is 26.0 Å². The molecule has 0 aromatic heterocycles. The van der Waals surface area contributed by atoms with Gasteiger partial charge in [0, 0.05) is 13.6 Å². The van der Waals surface area contributed by atoms with E-state index in [2.05, 4.69) is 5.32 Å². The lowest BCUT2D eigenvalue weighted by Gasteiger charge is -2.32. The first-order valence-electron chi connectivity index (χ1n) is 10.3. The smallest absolute Gasteiger partial charge is 0.244 e. The summed E-state index contributed by atoms with van der Waals surface area (Å²) in [6.45, 7) is 3.67. The quantitative estimate of drug-likeness (QED) is 0.608. The Labute approximate surface area is 185 Å². The van der Waals surface area contributed by atoms with Crippen molar-refractivity contribution in [3.63, 3.8) is 0 Å². The van der Waals surface area contributed by atoms with E-state index in [-0.39, 0.29) is 12.5 Å². The average molecular weight is 446 g/mol. The predicted molar refractivity (Wildman–Crippen MR) is 123 cm³/mol. The lowest BCUT2D eigenvalue weighted by atomic mass is 10.1. The third-order valence-corrected chi connectivity index (χ3v) is 6.26. The van der Waals surface area contributed by atoms with Gasteiger partial charge < -0.3 is 10.2 Å². The van der Waals surface area contributed by atoms with Gasteiger partial charge in [0.05, 0.1) is 11.9 Å². The van der Waals surface area contributed by atoms with Crippen molar-refractivity contribution in [1.82, 2.24) is 10.2 Å². The summed E-state index contributed by atoms with van der Waals surface area (Å²) in [5, 5.41) is 2.61. The fraction of sp³-hybridized carbons (Fsp3) is 0.391. The molecule has 0 aliphatic heterocycles. The molecule has 0 saturated carbocycles. The van der Waals surface area contributed by atoms with Crippen LogP contribution in [0.2, 0.25) is 0 Å². The molecular formula is C23H31N3O4S. The molecule has 2 aromatic carbocycles. The maximum Gasteiger partial charge on any atom is 0.244 e. The van der Waals surface area contributed by atoms with Crippen LogP contribution in [-0.4, -0.2) is 57.6 Å². The van der Waals surface area contributed by atoms with E-state index in [0.29, 0.717) is 25.1 Å². The number of likely N-dealkylation sites (N-methyl/N-ethyl adjacent to an activating group) is 1. The Morgan fingerprint density at radius 2 is 1.65 bits per heavy atom. The molecule has 0 unspecified atom stereocenters. The van der Waals surface area contributed by atoms with E-state index in [1.165, 1.54) is 11.9 Å². The second-order valence-corrected chi connectivity index (χ2v) is 9.37. The Hall–Kier alpha value is -2.87.